The predicted molar refractivity (Wildman–Crippen MR) is 130 cm³/mol. The van der Waals surface area contributed by atoms with Crippen LogP contribution in [0.2, 0.25) is 0 Å². The summed E-state index contributed by atoms with van der Waals surface area (Å²) in [5, 5.41) is 0.843. The van der Waals surface area contributed by atoms with Crippen LogP contribution in [0, 0.1) is 12.8 Å². The third-order valence-electron chi connectivity index (χ3n) is 6.51. The van der Waals surface area contributed by atoms with E-state index >= 15 is 0 Å². The van der Waals surface area contributed by atoms with Gasteiger partial charge in [0.15, 0.2) is 5.78 Å². The quantitative estimate of drug-likeness (QED) is 0.551. The van der Waals surface area contributed by atoms with Gasteiger partial charge >= 0.3 is 0 Å². The maximum atomic E-state index is 13.6. The summed E-state index contributed by atoms with van der Waals surface area (Å²) in [7, 11) is 0. The number of ketones is 1. The second kappa shape index (κ2) is 9.06. The fourth-order valence-electron chi connectivity index (χ4n) is 4.85. The standard InChI is InChI=1S/C25H30BrN3O4/c1-5-22(31)28-12-17(13-28)10-19(30)14-29-16(2)23(20-11-18(26)6-7-21(20)29)24(32)27-8-9-33-25(3,4)15-27/h5-7,11,17H,1,8-10,12-15H2,2-4H3. The molecule has 0 N–H and O–H groups in total. The lowest BCUT2D eigenvalue weighted by Gasteiger charge is -2.38. The molecule has 176 valence electrons. The molecule has 8 heteroatoms. The van der Waals surface area contributed by atoms with Gasteiger partial charge < -0.3 is 19.1 Å². The van der Waals surface area contributed by atoms with Crippen LogP contribution in [0.3, 0.4) is 0 Å². The SMILES string of the molecule is C=CC(=O)N1CC(CC(=O)Cn2c(C)c(C(=O)N3CCOC(C)(C)C3)c3cc(Br)ccc32)C1. The second-order valence-corrected chi connectivity index (χ2v) is 10.5. The number of ether oxygens (including phenoxy) is 1. The number of fused-ring (bicyclic) bond motifs is 1. The number of halogens is 1. The minimum atomic E-state index is -0.389. The van der Waals surface area contributed by atoms with Crippen molar-refractivity contribution in [2.45, 2.75) is 39.3 Å². The van der Waals surface area contributed by atoms with Crippen LogP contribution in [0.4, 0.5) is 0 Å². The van der Waals surface area contributed by atoms with Gasteiger partial charge in [-0.15, -0.1) is 0 Å². The molecule has 1 aromatic heterocycles. The fourth-order valence-corrected chi connectivity index (χ4v) is 5.21. The minimum absolute atomic E-state index is 0.0317. The molecule has 33 heavy (non-hydrogen) atoms. The number of aromatic nitrogens is 1. The first-order valence-corrected chi connectivity index (χ1v) is 12.0. The van der Waals surface area contributed by atoms with Gasteiger partial charge in [-0.05, 0) is 45.0 Å². The van der Waals surface area contributed by atoms with E-state index in [9.17, 15) is 14.4 Å². The molecule has 2 aliphatic heterocycles. The molecule has 2 amide bonds. The summed E-state index contributed by atoms with van der Waals surface area (Å²) in [6.07, 6.45) is 1.72. The van der Waals surface area contributed by atoms with E-state index in [1.807, 2.05) is 48.4 Å². The molecule has 2 aliphatic rings. The Balaban J connectivity index is 1.57. The van der Waals surface area contributed by atoms with Gasteiger partial charge in [0.25, 0.3) is 5.91 Å². The van der Waals surface area contributed by atoms with Gasteiger partial charge in [0.05, 0.1) is 24.3 Å². The van der Waals surface area contributed by atoms with E-state index in [0.717, 1.165) is 21.1 Å². The summed E-state index contributed by atoms with van der Waals surface area (Å²) < 4.78 is 8.62. The summed E-state index contributed by atoms with van der Waals surface area (Å²) in [6.45, 7) is 12.3. The molecule has 3 heterocycles. The fraction of sp³-hybridized carbons (Fsp3) is 0.480. The van der Waals surface area contributed by atoms with Gasteiger partial charge in [0.1, 0.15) is 0 Å². The van der Waals surface area contributed by atoms with E-state index in [2.05, 4.69) is 22.5 Å². The number of rotatable bonds is 6. The number of hydrogen-bond acceptors (Lipinski definition) is 4. The number of morpholine rings is 1. The zero-order chi connectivity index (χ0) is 23.9. The van der Waals surface area contributed by atoms with Gasteiger partial charge in [-0.2, -0.15) is 0 Å². The number of nitrogens with zero attached hydrogens (tertiary/aromatic N) is 3. The molecule has 0 saturated carbocycles. The maximum absolute atomic E-state index is 13.6. The van der Waals surface area contributed by atoms with Crippen molar-refractivity contribution in [1.29, 1.82) is 0 Å². The summed E-state index contributed by atoms with van der Waals surface area (Å²) in [5.41, 5.74) is 1.92. The molecule has 2 fully saturated rings. The van der Waals surface area contributed by atoms with Gasteiger partial charge in [-0.1, -0.05) is 22.5 Å². The van der Waals surface area contributed by atoms with Crippen molar-refractivity contribution in [1.82, 2.24) is 14.4 Å². The monoisotopic (exact) mass is 515 g/mol. The molecule has 2 aromatic rings. The Morgan fingerprint density at radius 2 is 1.97 bits per heavy atom. The number of benzene rings is 1. The molecule has 0 radical (unpaired) electrons. The zero-order valence-corrected chi connectivity index (χ0v) is 21.0. The van der Waals surface area contributed by atoms with E-state index in [0.29, 0.717) is 44.8 Å². The van der Waals surface area contributed by atoms with E-state index in [4.69, 9.17) is 4.74 Å². The number of hydrogen-bond donors (Lipinski definition) is 0. The Hall–Kier alpha value is -2.45. The maximum Gasteiger partial charge on any atom is 0.256 e. The highest BCUT2D eigenvalue weighted by Crippen LogP contribution is 2.31. The largest absolute Gasteiger partial charge is 0.372 e. The lowest BCUT2D eigenvalue weighted by atomic mass is 9.94. The number of carbonyl (C=O) groups excluding carboxylic acids is 3. The third-order valence-corrected chi connectivity index (χ3v) is 7.00. The van der Waals surface area contributed by atoms with Crippen molar-refractivity contribution in [3.8, 4) is 0 Å². The number of likely N-dealkylation sites (tertiary alicyclic amines) is 1. The number of Topliss-reactive ketones (excluding diaryl/α,β-unsaturated/α-hetero) is 1. The van der Waals surface area contributed by atoms with E-state index in [1.165, 1.54) is 6.08 Å². The molecule has 0 spiro atoms. The van der Waals surface area contributed by atoms with Crippen LogP contribution in [0.25, 0.3) is 10.9 Å². The first kappa shape index (κ1) is 23.7. The van der Waals surface area contributed by atoms with Crippen molar-refractivity contribution in [3.05, 3.63) is 46.6 Å². The molecule has 0 unspecified atom stereocenters. The molecule has 2 saturated heterocycles. The Morgan fingerprint density at radius 1 is 1.24 bits per heavy atom. The summed E-state index contributed by atoms with van der Waals surface area (Å²) in [4.78, 5) is 41.7. The normalized spacial score (nSPS) is 18.3. The Bertz CT molecular complexity index is 1130. The van der Waals surface area contributed by atoms with Crippen LogP contribution in [0.5, 0.6) is 0 Å². The summed E-state index contributed by atoms with van der Waals surface area (Å²) in [6, 6.07) is 5.83. The molecule has 4 rings (SSSR count). The number of amides is 2. The molecule has 0 bridgehead atoms. The first-order valence-electron chi connectivity index (χ1n) is 11.2. The Morgan fingerprint density at radius 3 is 2.64 bits per heavy atom. The lowest BCUT2D eigenvalue weighted by Crippen LogP contribution is -2.50. The topological polar surface area (TPSA) is 71.9 Å². The summed E-state index contributed by atoms with van der Waals surface area (Å²) in [5.74, 6) is 0.149. The second-order valence-electron chi connectivity index (χ2n) is 9.60. The summed E-state index contributed by atoms with van der Waals surface area (Å²) >= 11 is 3.53. The van der Waals surface area contributed by atoms with Crippen LogP contribution in [-0.2, 0) is 20.9 Å². The van der Waals surface area contributed by atoms with Crippen molar-refractivity contribution in [2.24, 2.45) is 5.92 Å². The number of carbonyl (C=O) groups is 3. The predicted octanol–water partition coefficient (Wildman–Crippen LogP) is 3.57. The van der Waals surface area contributed by atoms with Crippen molar-refractivity contribution < 1.29 is 19.1 Å². The van der Waals surface area contributed by atoms with Crippen LogP contribution >= 0.6 is 15.9 Å². The van der Waals surface area contributed by atoms with Crippen molar-refractivity contribution >= 4 is 44.4 Å². The molecular formula is C25H30BrN3O4. The van der Waals surface area contributed by atoms with E-state index in [-0.39, 0.29) is 35.7 Å². The van der Waals surface area contributed by atoms with Gasteiger partial charge in [-0.25, -0.2) is 0 Å². The van der Waals surface area contributed by atoms with Crippen molar-refractivity contribution in [3.63, 3.8) is 0 Å². The highest BCUT2D eigenvalue weighted by Gasteiger charge is 2.34. The van der Waals surface area contributed by atoms with Gasteiger partial charge in [0.2, 0.25) is 5.91 Å². The Kier molecular flexibility index (Phi) is 6.51. The van der Waals surface area contributed by atoms with Crippen LogP contribution in [-0.4, -0.2) is 70.4 Å². The minimum Gasteiger partial charge on any atom is -0.372 e. The van der Waals surface area contributed by atoms with Crippen LogP contribution in [0.15, 0.2) is 35.3 Å². The van der Waals surface area contributed by atoms with E-state index in [1.54, 1.807) is 4.90 Å². The lowest BCUT2D eigenvalue weighted by molar-refractivity contribution is -0.134. The third kappa shape index (κ3) is 4.77. The molecule has 1 aromatic carbocycles. The van der Waals surface area contributed by atoms with Crippen LogP contribution < -0.4 is 0 Å². The van der Waals surface area contributed by atoms with Crippen LogP contribution in [0.1, 0.15) is 36.3 Å². The first-order chi connectivity index (χ1) is 15.6. The average molecular weight is 516 g/mol. The van der Waals surface area contributed by atoms with Gasteiger partial charge in [-0.3, -0.25) is 14.4 Å². The smallest absolute Gasteiger partial charge is 0.256 e. The highest BCUT2D eigenvalue weighted by molar-refractivity contribution is 9.10. The molecular weight excluding hydrogens is 486 g/mol. The zero-order valence-electron chi connectivity index (χ0n) is 19.4. The van der Waals surface area contributed by atoms with Crippen molar-refractivity contribution in [2.75, 3.05) is 32.8 Å². The highest BCUT2D eigenvalue weighted by atomic mass is 79.9. The average Bonchev–Trinajstić information content (AvgIpc) is 2.99. The molecule has 0 atom stereocenters. The molecule has 0 aliphatic carbocycles. The molecule has 7 nitrogen and oxygen atoms in total. The Labute approximate surface area is 202 Å². The van der Waals surface area contributed by atoms with E-state index < -0.39 is 0 Å². The van der Waals surface area contributed by atoms with Gasteiger partial charge in [0, 0.05) is 59.6 Å².